The molecule has 0 bridgehead atoms. The number of nitrogens with one attached hydrogen (secondary N) is 1. The van der Waals surface area contributed by atoms with Gasteiger partial charge in [0.05, 0.1) is 0 Å². The number of hydrogen-bond acceptors (Lipinski definition) is 5. The molecule has 1 aromatic heterocycles. The highest BCUT2D eigenvalue weighted by Crippen LogP contribution is 2.20. The number of halogens is 2. The van der Waals surface area contributed by atoms with Crippen LogP contribution in [0.5, 0.6) is 5.75 Å². The summed E-state index contributed by atoms with van der Waals surface area (Å²) in [4.78, 5) is 4.12. The molecule has 1 heterocycles. The molecular formula is C15H16F2N2O3S. The summed E-state index contributed by atoms with van der Waals surface area (Å²) in [6, 6.07) is 9.64. The first-order valence-electron chi connectivity index (χ1n) is 6.75. The minimum atomic E-state index is -3.40. The van der Waals surface area contributed by atoms with Crippen LogP contribution < -0.4 is 10.1 Å². The molecule has 8 heteroatoms. The normalized spacial score (nSPS) is 11.5. The molecule has 0 radical (unpaired) electrons. The van der Waals surface area contributed by atoms with Crippen molar-refractivity contribution >= 4 is 15.7 Å². The van der Waals surface area contributed by atoms with Gasteiger partial charge < -0.3 is 10.1 Å². The first-order valence-corrected chi connectivity index (χ1v) is 8.64. The summed E-state index contributed by atoms with van der Waals surface area (Å²) in [5.74, 6) is 0.572. The van der Waals surface area contributed by atoms with Gasteiger partial charge in [-0.1, -0.05) is 12.1 Å². The van der Waals surface area contributed by atoms with Crippen molar-refractivity contribution in [1.29, 1.82) is 0 Å². The quantitative estimate of drug-likeness (QED) is 0.838. The van der Waals surface area contributed by atoms with Crippen molar-refractivity contribution in [2.45, 2.75) is 17.9 Å². The Morgan fingerprint density at radius 1 is 1.26 bits per heavy atom. The third-order valence-electron chi connectivity index (χ3n) is 2.90. The molecule has 0 saturated heterocycles. The van der Waals surface area contributed by atoms with Crippen molar-refractivity contribution in [2.75, 3.05) is 18.2 Å². The smallest absolute Gasteiger partial charge is 0.272 e. The molecule has 0 amide bonds. The summed E-state index contributed by atoms with van der Waals surface area (Å²) in [6.07, 6.45) is 0.0512. The molecule has 1 N–H and O–H groups in total. The van der Waals surface area contributed by atoms with Gasteiger partial charge in [0.15, 0.2) is 9.84 Å². The lowest BCUT2D eigenvalue weighted by Gasteiger charge is -2.11. The van der Waals surface area contributed by atoms with Gasteiger partial charge in [0.2, 0.25) is 0 Å². The summed E-state index contributed by atoms with van der Waals surface area (Å²) in [7, 11) is -3.40. The van der Waals surface area contributed by atoms with E-state index in [0.29, 0.717) is 5.75 Å². The monoisotopic (exact) mass is 342 g/mol. The molecule has 0 unspecified atom stereocenters. The lowest BCUT2D eigenvalue weighted by atomic mass is 10.2. The lowest BCUT2D eigenvalue weighted by molar-refractivity contribution is 0.0818. The Hall–Kier alpha value is -2.22. The van der Waals surface area contributed by atoms with Crippen LogP contribution in [-0.2, 0) is 16.4 Å². The Labute approximate surface area is 133 Å². The Morgan fingerprint density at radius 3 is 2.74 bits per heavy atom. The van der Waals surface area contributed by atoms with E-state index in [-0.39, 0.29) is 17.3 Å². The number of pyridine rings is 1. The number of sulfone groups is 1. The van der Waals surface area contributed by atoms with Crippen molar-refractivity contribution in [3.05, 3.63) is 48.2 Å². The number of nitrogens with zero attached hydrogens (tertiary/aromatic N) is 1. The standard InChI is InChI=1S/C15H16F2N2O3S/c1-23(20,21)13-6-3-7-18-15(13)19-9-11-4-2-5-12(8-11)22-10-14(16)17/h2-8,14H,9-10H2,1H3,(H,18,19). The van der Waals surface area contributed by atoms with Crippen molar-refractivity contribution in [1.82, 2.24) is 4.98 Å². The van der Waals surface area contributed by atoms with Gasteiger partial charge >= 0.3 is 0 Å². The highest BCUT2D eigenvalue weighted by atomic mass is 32.2. The summed E-state index contributed by atoms with van der Waals surface area (Å²) in [6.45, 7) is -0.388. The van der Waals surface area contributed by atoms with E-state index < -0.39 is 22.9 Å². The summed E-state index contributed by atoms with van der Waals surface area (Å²) < 4.78 is 52.6. The fraction of sp³-hybridized carbons (Fsp3) is 0.267. The zero-order valence-electron chi connectivity index (χ0n) is 12.4. The summed E-state index contributed by atoms with van der Waals surface area (Å²) in [5.41, 5.74) is 0.752. The number of anilines is 1. The number of hydrogen-bond donors (Lipinski definition) is 1. The van der Waals surface area contributed by atoms with E-state index in [1.54, 1.807) is 30.3 Å². The SMILES string of the molecule is CS(=O)(=O)c1cccnc1NCc1cccc(OCC(F)F)c1. The van der Waals surface area contributed by atoms with Gasteiger partial charge in [-0.15, -0.1) is 0 Å². The van der Waals surface area contributed by atoms with Gasteiger partial charge in [-0.2, -0.15) is 0 Å². The number of rotatable bonds is 7. The maximum Gasteiger partial charge on any atom is 0.272 e. The summed E-state index contributed by atoms with van der Waals surface area (Å²) >= 11 is 0. The highest BCUT2D eigenvalue weighted by molar-refractivity contribution is 7.90. The first-order chi connectivity index (χ1) is 10.9. The Morgan fingerprint density at radius 2 is 2.04 bits per heavy atom. The average Bonchev–Trinajstić information content (AvgIpc) is 2.51. The van der Waals surface area contributed by atoms with Crippen LogP contribution in [0, 0.1) is 0 Å². The van der Waals surface area contributed by atoms with Crippen LogP contribution in [0.2, 0.25) is 0 Å². The van der Waals surface area contributed by atoms with Crippen LogP contribution in [0.25, 0.3) is 0 Å². The minimum absolute atomic E-state index is 0.102. The lowest BCUT2D eigenvalue weighted by Crippen LogP contribution is -2.09. The molecule has 0 aliphatic heterocycles. The van der Waals surface area contributed by atoms with Crippen LogP contribution in [0.4, 0.5) is 14.6 Å². The van der Waals surface area contributed by atoms with E-state index in [9.17, 15) is 17.2 Å². The fourth-order valence-corrected chi connectivity index (χ4v) is 2.71. The summed E-state index contributed by atoms with van der Waals surface area (Å²) in [5, 5.41) is 2.93. The maximum absolute atomic E-state index is 12.1. The van der Waals surface area contributed by atoms with E-state index in [2.05, 4.69) is 10.3 Å². The van der Waals surface area contributed by atoms with E-state index in [1.165, 1.54) is 12.3 Å². The second-order valence-electron chi connectivity index (χ2n) is 4.83. The van der Waals surface area contributed by atoms with Crippen LogP contribution in [-0.4, -0.2) is 32.7 Å². The first kappa shape index (κ1) is 17.1. The van der Waals surface area contributed by atoms with Crippen molar-refractivity contribution in [2.24, 2.45) is 0 Å². The van der Waals surface area contributed by atoms with Gasteiger partial charge in [0, 0.05) is 19.0 Å². The number of benzene rings is 1. The topological polar surface area (TPSA) is 68.3 Å². The molecule has 2 aromatic rings. The van der Waals surface area contributed by atoms with Gasteiger partial charge in [0.1, 0.15) is 23.1 Å². The van der Waals surface area contributed by atoms with Gasteiger partial charge in [-0.25, -0.2) is 22.2 Å². The predicted molar refractivity (Wildman–Crippen MR) is 82.6 cm³/mol. The van der Waals surface area contributed by atoms with E-state index in [4.69, 9.17) is 4.74 Å². The van der Waals surface area contributed by atoms with Crippen molar-refractivity contribution in [3.8, 4) is 5.75 Å². The number of aromatic nitrogens is 1. The molecule has 2 rings (SSSR count). The van der Waals surface area contributed by atoms with Crippen LogP contribution in [0.15, 0.2) is 47.5 Å². The average molecular weight is 342 g/mol. The molecule has 0 atom stereocenters. The fourth-order valence-electron chi connectivity index (χ4n) is 1.91. The molecule has 0 spiro atoms. The van der Waals surface area contributed by atoms with E-state index in [1.807, 2.05) is 0 Å². The third-order valence-corrected chi connectivity index (χ3v) is 4.03. The Balaban J connectivity index is 2.09. The van der Waals surface area contributed by atoms with Crippen molar-refractivity contribution < 1.29 is 21.9 Å². The number of alkyl halides is 2. The van der Waals surface area contributed by atoms with E-state index >= 15 is 0 Å². The molecular weight excluding hydrogens is 326 g/mol. The second-order valence-corrected chi connectivity index (χ2v) is 6.81. The maximum atomic E-state index is 12.1. The molecule has 0 aliphatic rings. The van der Waals surface area contributed by atoms with Crippen LogP contribution in [0.1, 0.15) is 5.56 Å². The molecule has 5 nitrogen and oxygen atoms in total. The Kier molecular flexibility index (Phi) is 5.49. The predicted octanol–water partition coefficient (Wildman–Crippen LogP) is 2.74. The van der Waals surface area contributed by atoms with Gasteiger partial charge in [0.25, 0.3) is 6.43 Å². The van der Waals surface area contributed by atoms with Crippen molar-refractivity contribution in [3.63, 3.8) is 0 Å². The van der Waals surface area contributed by atoms with Gasteiger partial charge in [-0.3, -0.25) is 0 Å². The molecule has 124 valence electrons. The van der Waals surface area contributed by atoms with Crippen LogP contribution >= 0.6 is 0 Å². The van der Waals surface area contributed by atoms with Gasteiger partial charge in [-0.05, 0) is 29.8 Å². The number of ether oxygens (including phenoxy) is 1. The highest BCUT2D eigenvalue weighted by Gasteiger charge is 2.13. The largest absolute Gasteiger partial charge is 0.488 e. The van der Waals surface area contributed by atoms with Crippen LogP contribution in [0.3, 0.4) is 0 Å². The van der Waals surface area contributed by atoms with E-state index in [0.717, 1.165) is 11.8 Å². The molecule has 23 heavy (non-hydrogen) atoms. The molecule has 0 aliphatic carbocycles. The molecule has 0 saturated carbocycles. The molecule has 1 aromatic carbocycles. The zero-order chi connectivity index (χ0) is 16.9. The third kappa shape index (κ3) is 5.17. The Bertz CT molecular complexity index is 767. The molecule has 0 fully saturated rings. The zero-order valence-corrected chi connectivity index (χ0v) is 13.2. The minimum Gasteiger partial charge on any atom is -0.488 e. The second kappa shape index (κ2) is 7.36.